The zero-order valence-corrected chi connectivity index (χ0v) is 14.7. The second kappa shape index (κ2) is 7.27. The number of nitrogens with zero attached hydrogens (tertiary/aromatic N) is 1. The predicted octanol–water partition coefficient (Wildman–Crippen LogP) is 3.89. The minimum absolute atomic E-state index is 0.283. The van der Waals surface area contributed by atoms with Crippen molar-refractivity contribution in [1.82, 2.24) is 10.3 Å². The summed E-state index contributed by atoms with van der Waals surface area (Å²) in [4.78, 5) is 16.3. The lowest BCUT2D eigenvalue weighted by Gasteiger charge is -2.22. The van der Waals surface area contributed by atoms with E-state index in [0.717, 1.165) is 37.0 Å². The average molecular weight is 343 g/mol. The van der Waals surface area contributed by atoms with Crippen LogP contribution in [0.2, 0.25) is 0 Å². The quantitative estimate of drug-likeness (QED) is 0.768. The number of rotatable bonds is 5. The minimum Gasteiger partial charge on any atom is -0.441 e. The second-order valence-electron chi connectivity index (χ2n) is 7.04. The molecule has 0 bridgehead atoms. The molecule has 1 fully saturated rings. The number of hydrogen-bond acceptors (Lipinski definition) is 4. The van der Waals surface area contributed by atoms with Crippen LogP contribution in [0.1, 0.15) is 51.2 Å². The van der Waals surface area contributed by atoms with Crippen LogP contribution >= 0.6 is 0 Å². The summed E-state index contributed by atoms with van der Waals surface area (Å²) < 4.78 is 5.72. The fraction of sp³-hybridized carbons (Fsp3) is 0.474. The first-order chi connectivity index (χ1) is 12.0. The van der Waals surface area contributed by atoms with Crippen molar-refractivity contribution in [3.8, 4) is 11.5 Å². The Morgan fingerprint density at radius 1 is 1.28 bits per heavy atom. The van der Waals surface area contributed by atoms with Gasteiger partial charge in [-0.15, -0.1) is 0 Å². The summed E-state index contributed by atoms with van der Waals surface area (Å²) in [7, 11) is 0. The lowest BCUT2D eigenvalue weighted by molar-refractivity contribution is 0.0506. The van der Waals surface area contributed by atoms with Crippen LogP contribution in [0, 0.1) is 0 Å². The number of oxazole rings is 1. The molecule has 134 valence electrons. The fourth-order valence-corrected chi connectivity index (χ4v) is 3.01. The number of benzene rings is 1. The number of hydrogen-bond donors (Lipinski definition) is 3. The number of aromatic nitrogens is 1. The number of carbonyl (C=O) groups is 1. The van der Waals surface area contributed by atoms with Gasteiger partial charge in [0.25, 0.3) is 0 Å². The normalized spacial score (nSPS) is 16.2. The number of carbonyl (C=O) groups excluding carboxylic acids is 1. The SMILES string of the molecule is CC(C)c1cnc(-c2ccc(NC(=O)NCC3(O)CCCC3)cc2)o1. The molecule has 1 saturated carbocycles. The smallest absolute Gasteiger partial charge is 0.319 e. The van der Waals surface area contributed by atoms with E-state index in [4.69, 9.17) is 4.42 Å². The third-order valence-corrected chi connectivity index (χ3v) is 4.59. The highest BCUT2D eigenvalue weighted by atomic mass is 16.4. The van der Waals surface area contributed by atoms with Crippen LogP contribution in [0.4, 0.5) is 10.5 Å². The van der Waals surface area contributed by atoms with E-state index in [2.05, 4.69) is 29.5 Å². The minimum atomic E-state index is -0.750. The summed E-state index contributed by atoms with van der Waals surface area (Å²) >= 11 is 0. The summed E-state index contributed by atoms with van der Waals surface area (Å²) in [6.45, 7) is 4.39. The fourth-order valence-electron chi connectivity index (χ4n) is 3.01. The lowest BCUT2D eigenvalue weighted by Crippen LogP contribution is -2.42. The largest absolute Gasteiger partial charge is 0.441 e. The molecule has 1 aliphatic carbocycles. The molecule has 0 radical (unpaired) electrons. The maximum Gasteiger partial charge on any atom is 0.319 e. The van der Waals surface area contributed by atoms with E-state index < -0.39 is 5.60 Å². The summed E-state index contributed by atoms with van der Waals surface area (Å²) in [6.07, 6.45) is 5.27. The summed E-state index contributed by atoms with van der Waals surface area (Å²) in [6, 6.07) is 7.01. The van der Waals surface area contributed by atoms with E-state index in [1.54, 1.807) is 18.3 Å². The van der Waals surface area contributed by atoms with Gasteiger partial charge in [-0.25, -0.2) is 9.78 Å². The Balaban J connectivity index is 1.55. The van der Waals surface area contributed by atoms with E-state index >= 15 is 0 Å². The van der Waals surface area contributed by atoms with Crippen LogP contribution < -0.4 is 10.6 Å². The molecule has 1 aromatic carbocycles. The first-order valence-electron chi connectivity index (χ1n) is 8.79. The van der Waals surface area contributed by atoms with Gasteiger partial charge in [0, 0.05) is 23.7 Å². The van der Waals surface area contributed by atoms with Crippen LogP contribution in [0.5, 0.6) is 0 Å². The molecule has 6 heteroatoms. The third-order valence-electron chi connectivity index (χ3n) is 4.59. The number of amides is 2. The Morgan fingerprint density at radius 2 is 1.96 bits per heavy atom. The van der Waals surface area contributed by atoms with Gasteiger partial charge in [0.1, 0.15) is 5.76 Å². The summed E-state index contributed by atoms with van der Waals surface area (Å²) in [5.74, 6) is 1.71. The molecule has 25 heavy (non-hydrogen) atoms. The standard InChI is InChI=1S/C19H25N3O3/c1-13(2)16-11-20-17(25-16)14-5-7-15(8-6-14)22-18(23)21-12-19(24)9-3-4-10-19/h5-8,11,13,24H,3-4,9-10,12H2,1-2H3,(H2,21,22,23). The molecule has 3 rings (SSSR count). The van der Waals surface area contributed by atoms with Gasteiger partial charge < -0.3 is 20.2 Å². The summed E-state index contributed by atoms with van der Waals surface area (Å²) in [5, 5.41) is 15.8. The molecule has 1 aromatic heterocycles. The van der Waals surface area contributed by atoms with Gasteiger partial charge in [0.2, 0.25) is 5.89 Å². The van der Waals surface area contributed by atoms with Crippen LogP contribution in [0.25, 0.3) is 11.5 Å². The van der Waals surface area contributed by atoms with E-state index in [9.17, 15) is 9.90 Å². The highest BCUT2D eigenvalue weighted by Crippen LogP contribution is 2.28. The van der Waals surface area contributed by atoms with Gasteiger partial charge in [-0.05, 0) is 37.1 Å². The molecule has 2 amide bonds. The van der Waals surface area contributed by atoms with E-state index in [-0.39, 0.29) is 12.6 Å². The van der Waals surface area contributed by atoms with Gasteiger partial charge in [0.15, 0.2) is 0 Å². The second-order valence-corrected chi connectivity index (χ2v) is 7.04. The highest BCUT2D eigenvalue weighted by Gasteiger charge is 2.31. The molecule has 0 saturated heterocycles. The number of nitrogens with one attached hydrogen (secondary N) is 2. The first-order valence-corrected chi connectivity index (χ1v) is 8.79. The Labute approximate surface area is 147 Å². The van der Waals surface area contributed by atoms with Crippen LogP contribution in [-0.4, -0.2) is 28.3 Å². The maximum absolute atomic E-state index is 12.0. The molecule has 2 aromatic rings. The maximum atomic E-state index is 12.0. The lowest BCUT2D eigenvalue weighted by atomic mass is 10.0. The van der Waals surface area contributed by atoms with Crippen molar-refractivity contribution >= 4 is 11.7 Å². The van der Waals surface area contributed by atoms with Crippen LogP contribution in [-0.2, 0) is 0 Å². The van der Waals surface area contributed by atoms with Gasteiger partial charge in [-0.2, -0.15) is 0 Å². The van der Waals surface area contributed by atoms with Gasteiger partial charge >= 0.3 is 6.03 Å². The number of urea groups is 1. The summed E-state index contributed by atoms with van der Waals surface area (Å²) in [5.41, 5.74) is 0.786. The predicted molar refractivity (Wildman–Crippen MR) is 96.5 cm³/mol. The Hall–Kier alpha value is -2.34. The van der Waals surface area contributed by atoms with Crippen molar-refractivity contribution in [2.24, 2.45) is 0 Å². The number of anilines is 1. The number of aliphatic hydroxyl groups is 1. The van der Waals surface area contributed by atoms with Crippen LogP contribution in [0.15, 0.2) is 34.9 Å². The van der Waals surface area contributed by atoms with Crippen molar-refractivity contribution in [1.29, 1.82) is 0 Å². The third kappa shape index (κ3) is 4.39. The van der Waals surface area contributed by atoms with E-state index in [1.165, 1.54) is 0 Å². The van der Waals surface area contributed by atoms with Crippen molar-refractivity contribution in [2.45, 2.75) is 51.0 Å². The molecule has 6 nitrogen and oxygen atoms in total. The van der Waals surface area contributed by atoms with Crippen molar-refractivity contribution < 1.29 is 14.3 Å². The molecule has 1 aliphatic rings. The van der Waals surface area contributed by atoms with Crippen molar-refractivity contribution in [3.63, 3.8) is 0 Å². The molecular weight excluding hydrogens is 318 g/mol. The zero-order valence-electron chi connectivity index (χ0n) is 14.7. The Kier molecular flexibility index (Phi) is 5.08. The Bertz CT molecular complexity index is 716. The Morgan fingerprint density at radius 3 is 2.56 bits per heavy atom. The topological polar surface area (TPSA) is 87.4 Å². The van der Waals surface area contributed by atoms with Gasteiger partial charge in [-0.1, -0.05) is 26.7 Å². The van der Waals surface area contributed by atoms with Crippen molar-refractivity contribution in [2.75, 3.05) is 11.9 Å². The molecule has 0 atom stereocenters. The molecule has 0 aliphatic heterocycles. The average Bonchev–Trinajstić information content (AvgIpc) is 3.24. The monoisotopic (exact) mass is 343 g/mol. The molecule has 0 unspecified atom stereocenters. The molecule has 0 spiro atoms. The molecular formula is C19H25N3O3. The van der Waals surface area contributed by atoms with E-state index in [0.29, 0.717) is 17.5 Å². The zero-order chi connectivity index (χ0) is 17.9. The molecule has 3 N–H and O–H groups in total. The van der Waals surface area contributed by atoms with Crippen molar-refractivity contribution in [3.05, 3.63) is 36.2 Å². The van der Waals surface area contributed by atoms with Gasteiger partial charge in [0.05, 0.1) is 11.8 Å². The van der Waals surface area contributed by atoms with Gasteiger partial charge in [-0.3, -0.25) is 0 Å². The highest BCUT2D eigenvalue weighted by molar-refractivity contribution is 5.89. The van der Waals surface area contributed by atoms with Crippen LogP contribution in [0.3, 0.4) is 0 Å². The van der Waals surface area contributed by atoms with E-state index in [1.807, 2.05) is 12.1 Å². The molecule has 1 heterocycles. The first kappa shape index (κ1) is 17.5.